The Kier molecular flexibility index (Phi) is 4.92. The molecule has 0 amide bonds. The molecule has 1 aliphatic rings. The predicted octanol–water partition coefficient (Wildman–Crippen LogP) is 4.27. The van der Waals surface area contributed by atoms with Crippen molar-refractivity contribution in [3.8, 4) is 11.5 Å². The summed E-state index contributed by atoms with van der Waals surface area (Å²) in [6.45, 7) is 3.78. The third-order valence-corrected chi connectivity index (χ3v) is 4.34. The Morgan fingerprint density at radius 3 is 2.71 bits per heavy atom. The second kappa shape index (κ2) is 7.19. The second-order valence-corrected chi connectivity index (χ2v) is 6.87. The second-order valence-electron chi connectivity index (χ2n) is 6.87. The van der Waals surface area contributed by atoms with Crippen molar-refractivity contribution in [2.24, 2.45) is 0 Å². The van der Waals surface area contributed by atoms with Crippen LogP contribution in [-0.4, -0.2) is 23.4 Å². The lowest BCUT2D eigenvalue weighted by Gasteiger charge is -2.29. The van der Waals surface area contributed by atoms with E-state index in [2.05, 4.69) is 0 Å². The molecule has 0 aromatic heterocycles. The summed E-state index contributed by atoms with van der Waals surface area (Å²) in [7, 11) is 1.55. The first-order chi connectivity index (χ1) is 13.2. The molecule has 0 radical (unpaired) electrons. The van der Waals surface area contributed by atoms with Gasteiger partial charge in [-0.25, -0.2) is 0 Å². The smallest absolute Gasteiger partial charge is 0.292 e. The summed E-state index contributed by atoms with van der Waals surface area (Å²) in [6.07, 6.45) is 6.64. The van der Waals surface area contributed by atoms with E-state index in [1.165, 1.54) is 24.3 Å². The van der Waals surface area contributed by atoms with Crippen LogP contribution in [0.15, 0.2) is 42.5 Å². The van der Waals surface area contributed by atoms with Crippen LogP contribution in [0.3, 0.4) is 0 Å². The van der Waals surface area contributed by atoms with E-state index in [0.29, 0.717) is 28.2 Å². The van der Waals surface area contributed by atoms with Gasteiger partial charge in [0.05, 0.1) is 23.2 Å². The van der Waals surface area contributed by atoms with Crippen molar-refractivity contribution in [1.82, 2.24) is 0 Å². The molecule has 144 valence electrons. The summed E-state index contributed by atoms with van der Waals surface area (Å²) in [5.74, 6) is 0.769. The molecule has 0 atom stereocenters. The van der Waals surface area contributed by atoms with Gasteiger partial charge in [0.1, 0.15) is 22.8 Å². The van der Waals surface area contributed by atoms with Crippen molar-refractivity contribution in [3.05, 3.63) is 69.3 Å². The fraction of sp³-hybridized carbons (Fsp3) is 0.190. The van der Waals surface area contributed by atoms with Gasteiger partial charge in [-0.05, 0) is 55.8 Å². The summed E-state index contributed by atoms with van der Waals surface area (Å²) in [6, 6.07) is 7.72. The fourth-order valence-electron chi connectivity index (χ4n) is 2.89. The zero-order valence-corrected chi connectivity index (χ0v) is 15.8. The molecule has 28 heavy (non-hydrogen) atoms. The number of nitro benzene ring substituents is 1. The summed E-state index contributed by atoms with van der Waals surface area (Å²) in [4.78, 5) is 23.3. The highest BCUT2D eigenvalue weighted by Gasteiger charge is 2.27. The number of nitrogens with zero attached hydrogens (tertiary/aromatic N) is 1. The molecule has 2 aromatic rings. The first kappa shape index (κ1) is 19.2. The monoisotopic (exact) mass is 380 g/mol. The Hall–Kier alpha value is -3.61. The van der Waals surface area contributed by atoms with Crippen molar-refractivity contribution in [3.63, 3.8) is 0 Å². The molecular weight excluding hydrogens is 360 g/mol. The first-order valence-corrected chi connectivity index (χ1v) is 8.57. The number of ether oxygens (including phenoxy) is 2. The van der Waals surface area contributed by atoms with Crippen LogP contribution >= 0.6 is 0 Å². The SMILES string of the molecule is COc1ccc(C(=O)C=Cc2ccc(N)c([N+](=O)[O-])c2)c2c1C=CC(C)(C)O2. The molecule has 7 nitrogen and oxygen atoms in total. The van der Waals surface area contributed by atoms with E-state index in [1.54, 1.807) is 25.3 Å². The Balaban J connectivity index is 1.96. The van der Waals surface area contributed by atoms with E-state index >= 15 is 0 Å². The van der Waals surface area contributed by atoms with Crippen LogP contribution in [0.2, 0.25) is 0 Å². The molecule has 2 aromatic carbocycles. The summed E-state index contributed by atoms with van der Waals surface area (Å²) in [5.41, 5.74) is 6.49. The molecule has 0 saturated heterocycles. The Bertz CT molecular complexity index is 1020. The minimum atomic E-state index is -0.560. The van der Waals surface area contributed by atoms with Gasteiger partial charge >= 0.3 is 0 Å². The van der Waals surface area contributed by atoms with Crippen molar-refractivity contribution in [2.45, 2.75) is 19.4 Å². The molecule has 0 fully saturated rings. The van der Waals surface area contributed by atoms with Crippen molar-refractivity contribution in [1.29, 1.82) is 0 Å². The molecule has 1 aliphatic heterocycles. The van der Waals surface area contributed by atoms with Crippen molar-refractivity contribution in [2.75, 3.05) is 12.8 Å². The lowest BCUT2D eigenvalue weighted by molar-refractivity contribution is -0.383. The van der Waals surface area contributed by atoms with Crippen LogP contribution in [0, 0.1) is 10.1 Å². The average molecular weight is 380 g/mol. The maximum absolute atomic E-state index is 12.8. The number of fused-ring (bicyclic) bond motifs is 1. The summed E-state index contributed by atoms with van der Waals surface area (Å²) < 4.78 is 11.4. The number of hydrogen-bond donors (Lipinski definition) is 1. The number of nitro groups is 1. The highest BCUT2D eigenvalue weighted by Crippen LogP contribution is 2.40. The largest absolute Gasteiger partial charge is 0.496 e. The van der Waals surface area contributed by atoms with Crippen LogP contribution in [0.4, 0.5) is 11.4 Å². The minimum Gasteiger partial charge on any atom is -0.496 e. The summed E-state index contributed by atoms with van der Waals surface area (Å²) in [5, 5.41) is 11.0. The number of carbonyl (C=O) groups excluding carboxylic acids is 1. The number of nitrogen functional groups attached to an aromatic ring is 1. The normalized spacial score (nSPS) is 14.4. The fourth-order valence-corrected chi connectivity index (χ4v) is 2.89. The molecule has 0 bridgehead atoms. The van der Waals surface area contributed by atoms with Gasteiger partial charge < -0.3 is 15.2 Å². The van der Waals surface area contributed by atoms with Gasteiger partial charge in [-0.1, -0.05) is 12.1 Å². The third-order valence-electron chi connectivity index (χ3n) is 4.34. The number of nitrogens with two attached hydrogens (primary N) is 1. The van der Waals surface area contributed by atoms with Gasteiger partial charge in [-0.3, -0.25) is 14.9 Å². The van der Waals surface area contributed by atoms with Crippen LogP contribution in [0.1, 0.15) is 35.3 Å². The van der Waals surface area contributed by atoms with Crippen LogP contribution in [-0.2, 0) is 0 Å². The van der Waals surface area contributed by atoms with E-state index in [0.717, 1.165) is 0 Å². The number of anilines is 1. The number of methoxy groups -OCH3 is 1. The minimum absolute atomic E-state index is 0.0696. The predicted molar refractivity (Wildman–Crippen MR) is 108 cm³/mol. The Labute approximate surface area is 162 Å². The molecular formula is C21H20N2O5. The van der Waals surface area contributed by atoms with E-state index in [4.69, 9.17) is 15.2 Å². The summed E-state index contributed by atoms with van der Waals surface area (Å²) >= 11 is 0. The molecule has 0 aliphatic carbocycles. The van der Waals surface area contributed by atoms with E-state index in [9.17, 15) is 14.9 Å². The molecule has 0 unspecified atom stereocenters. The topological polar surface area (TPSA) is 105 Å². The van der Waals surface area contributed by atoms with Gasteiger partial charge in [0.2, 0.25) is 0 Å². The third kappa shape index (κ3) is 3.73. The van der Waals surface area contributed by atoms with Crippen LogP contribution in [0.25, 0.3) is 12.2 Å². The maximum atomic E-state index is 12.8. The Morgan fingerprint density at radius 1 is 1.29 bits per heavy atom. The van der Waals surface area contributed by atoms with E-state index in [1.807, 2.05) is 26.0 Å². The van der Waals surface area contributed by atoms with Crippen LogP contribution in [0.5, 0.6) is 11.5 Å². The van der Waals surface area contributed by atoms with E-state index < -0.39 is 10.5 Å². The number of rotatable bonds is 5. The lowest BCUT2D eigenvalue weighted by atomic mass is 9.97. The number of hydrogen-bond acceptors (Lipinski definition) is 6. The number of benzene rings is 2. The standard InChI is InChI=1S/C21H20N2O5/c1-21(2)11-10-15-19(27-3)9-6-14(20(15)28-21)18(24)8-5-13-4-7-16(22)17(12-13)23(25)26/h4-12H,22H2,1-3H3. The first-order valence-electron chi connectivity index (χ1n) is 8.57. The zero-order valence-electron chi connectivity index (χ0n) is 15.8. The molecule has 7 heteroatoms. The highest BCUT2D eigenvalue weighted by molar-refractivity contribution is 6.09. The van der Waals surface area contributed by atoms with Gasteiger partial charge in [0.15, 0.2) is 5.78 Å². The quantitative estimate of drug-likeness (QED) is 0.273. The van der Waals surface area contributed by atoms with E-state index in [-0.39, 0.29) is 17.2 Å². The number of allylic oxidation sites excluding steroid dienone is 1. The average Bonchev–Trinajstić information content (AvgIpc) is 2.65. The van der Waals surface area contributed by atoms with Gasteiger partial charge in [-0.15, -0.1) is 0 Å². The number of ketones is 1. The van der Waals surface area contributed by atoms with Gasteiger partial charge in [-0.2, -0.15) is 0 Å². The molecule has 0 saturated carbocycles. The molecule has 3 rings (SSSR count). The Morgan fingerprint density at radius 2 is 2.04 bits per heavy atom. The lowest BCUT2D eigenvalue weighted by Crippen LogP contribution is -2.28. The molecule has 2 N–H and O–H groups in total. The highest BCUT2D eigenvalue weighted by atomic mass is 16.6. The zero-order chi connectivity index (χ0) is 20.5. The molecule has 0 spiro atoms. The molecule has 1 heterocycles. The van der Waals surface area contributed by atoms with Crippen molar-refractivity contribution < 1.29 is 19.2 Å². The van der Waals surface area contributed by atoms with Gasteiger partial charge in [0.25, 0.3) is 5.69 Å². The number of carbonyl (C=O) groups is 1. The van der Waals surface area contributed by atoms with Crippen molar-refractivity contribution >= 4 is 29.3 Å². The van der Waals surface area contributed by atoms with Crippen LogP contribution < -0.4 is 15.2 Å². The van der Waals surface area contributed by atoms with Gasteiger partial charge in [0, 0.05) is 6.07 Å². The maximum Gasteiger partial charge on any atom is 0.292 e.